The van der Waals surface area contributed by atoms with E-state index in [-0.39, 0.29) is 5.60 Å². The lowest BCUT2D eigenvalue weighted by Crippen LogP contribution is -2.50. The van der Waals surface area contributed by atoms with Crippen LogP contribution in [0.5, 0.6) is 5.75 Å². The molecule has 1 spiro atoms. The second-order valence-electron chi connectivity index (χ2n) is 8.25. The Kier molecular flexibility index (Phi) is 5.14. The van der Waals surface area contributed by atoms with Crippen LogP contribution < -0.4 is 10.1 Å². The van der Waals surface area contributed by atoms with E-state index in [1.54, 1.807) is 5.57 Å². The number of rotatable bonds is 3. The minimum Gasteiger partial charge on any atom is -0.486 e. The summed E-state index contributed by atoms with van der Waals surface area (Å²) in [6.45, 7) is 3.07. The Morgan fingerprint density at radius 3 is 2.84 bits per heavy atom. The normalized spacial score (nSPS) is 29.7. The third kappa shape index (κ3) is 3.93. The lowest BCUT2D eigenvalue weighted by atomic mass is 9.81. The van der Waals surface area contributed by atoms with Gasteiger partial charge in [-0.3, -0.25) is 4.90 Å². The molecule has 1 saturated carbocycles. The van der Waals surface area contributed by atoms with Gasteiger partial charge in [0.2, 0.25) is 0 Å². The van der Waals surface area contributed by atoms with Crippen LogP contribution in [-0.4, -0.2) is 36.7 Å². The van der Waals surface area contributed by atoms with Crippen LogP contribution in [0.3, 0.4) is 0 Å². The smallest absolute Gasteiger partial charge is 0.124 e. The van der Waals surface area contributed by atoms with Gasteiger partial charge in [0.25, 0.3) is 0 Å². The predicted octanol–water partition coefficient (Wildman–Crippen LogP) is 4.28. The van der Waals surface area contributed by atoms with E-state index >= 15 is 0 Å². The number of nitrogens with zero attached hydrogens (tertiary/aromatic N) is 1. The highest BCUT2D eigenvalue weighted by atomic mass is 16.5. The summed E-state index contributed by atoms with van der Waals surface area (Å²) in [5.41, 5.74) is 2.95. The molecule has 0 atom stereocenters. The lowest BCUT2D eigenvalue weighted by Gasteiger charge is -2.42. The van der Waals surface area contributed by atoms with E-state index in [0.29, 0.717) is 6.04 Å². The average molecular weight is 341 g/mol. The molecule has 4 rings (SSSR count). The van der Waals surface area contributed by atoms with Crippen molar-refractivity contribution in [2.45, 2.75) is 69.6 Å². The van der Waals surface area contributed by atoms with Gasteiger partial charge in [0.05, 0.1) is 0 Å². The number of para-hydroxylation sites is 1. The Morgan fingerprint density at radius 1 is 1.20 bits per heavy atom. The molecule has 1 aliphatic heterocycles. The van der Waals surface area contributed by atoms with E-state index in [0.717, 1.165) is 31.7 Å². The first-order valence-electron chi connectivity index (χ1n) is 10.1. The van der Waals surface area contributed by atoms with Gasteiger partial charge in [-0.1, -0.05) is 29.8 Å². The molecule has 0 bridgehead atoms. The Morgan fingerprint density at radius 2 is 2.04 bits per heavy atom. The SMILES string of the molecule is CN(CC1=CCCCC1)C1CCC2(CC1)CNCc1ccccc1O2. The van der Waals surface area contributed by atoms with Gasteiger partial charge in [0.15, 0.2) is 0 Å². The fourth-order valence-corrected chi connectivity index (χ4v) is 4.79. The van der Waals surface area contributed by atoms with Gasteiger partial charge in [0.1, 0.15) is 11.4 Å². The van der Waals surface area contributed by atoms with E-state index in [4.69, 9.17) is 4.74 Å². The number of hydrogen-bond acceptors (Lipinski definition) is 3. The molecule has 136 valence electrons. The lowest BCUT2D eigenvalue weighted by molar-refractivity contribution is 0.0112. The number of hydrogen-bond donors (Lipinski definition) is 1. The van der Waals surface area contributed by atoms with Gasteiger partial charge in [-0.15, -0.1) is 0 Å². The molecule has 0 radical (unpaired) electrons. The van der Waals surface area contributed by atoms with E-state index in [9.17, 15) is 0 Å². The molecule has 3 nitrogen and oxygen atoms in total. The summed E-state index contributed by atoms with van der Waals surface area (Å²) in [7, 11) is 2.32. The Hall–Kier alpha value is -1.32. The van der Waals surface area contributed by atoms with Crippen LogP contribution in [0, 0.1) is 0 Å². The zero-order valence-electron chi connectivity index (χ0n) is 15.6. The van der Waals surface area contributed by atoms with E-state index in [1.165, 1.54) is 50.6 Å². The van der Waals surface area contributed by atoms with Crippen molar-refractivity contribution in [3.8, 4) is 5.75 Å². The Labute approximate surface area is 152 Å². The minimum absolute atomic E-state index is 0.00590. The van der Waals surface area contributed by atoms with E-state index < -0.39 is 0 Å². The maximum absolute atomic E-state index is 6.57. The third-order valence-electron chi connectivity index (χ3n) is 6.39. The second-order valence-corrected chi connectivity index (χ2v) is 8.25. The topological polar surface area (TPSA) is 24.5 Å². The summed E-state index contributed by atoms with van der Waals surface area (Å²) in [5.74, 6) is 1.09. The van der Waals surface area contributed by atoms with Crippen molar-refractivity contribution in [1.29, 1.82) is 0 Å². The van der Waals surface area contributed by atoms with Gasteiger partial charge >= 0.3 is 0 Å². The van der Waals surface area contributed by atoms with Crippen LogP contribution in [-0.2, 0) is 6.54 Å². The fraction of sp³-hybridized carbons (Fsp3) is 0.636. The highest BCUT2D eigenvalue weighted by Crippen LogP contribution is 2.37. The summed E-state index contributed by atoms with van der Waals surface area (Å²) < 4.78 is 6.57. The molecular weight excluding hydrogens is 308 g/mol. The van der Waals surface area contributed by atoms with Crippen molar-refractivity contribution in [2.24, 2.45) is 0 Å². The summed E-state index contributed by atoms with van der Waals surface area (Å²) in [6.07, 6.45) is 12.6. The minimum atomic E-state index is -0.00590. The standard InChI is InChI=1S/C22H32N2O/c1-24(16-18-7-3-2-4-8-18)20-11-13-22(14-12-20)17-23-15-19-9-5-6-10-21(19)25-22/h5-7,9-10,20,23H,2-4,8,11-17H2,1H3. The molecule has 0 amide bonds. The number of nitrogens with one attached hydrogen (secondary N) is 1. The molecule has 0 unspecified atom stereocenters. The van der Waals surface area contributed by atoms with E-state index in [2.05, 4.69) is 47.6 Å². The molecule has 0 aromatic heterocycles. The molecule has 1 aromatic rings. The van der Waals surface area contributed by atoms with Gasteiger partial charge < -0.3 is 10.1 Å². The Balaban J connectivity index is 1.37. The second kappa shape index (κ2) is 7.51. The first-order valence-corrected chi connectivity index (χ1v) is 10.1. The van der Waals surface area contributed by atoms with Crippen molar-refractivity contribution in [2.75, 3.05) is 20.1 Å². The molecule has 1 fully saturated rings. The first-order chi connectivity index (χ1) is 12.2. The molecule has 1 heterocycles. The van der Waals surface area contributed by atoms with Gasteiger partial charge in [-0.2, -0.15) is 0 Å². The number of fused-ring (bicyclic) bond motifs is 1. The van der Waals surface area contributed by atoms with Crippen LogP contribution in [0.4, 0.5) is 0 Å². The number of likely N-dealkylation sites (N-methyl/N-ethyl adjacent to an activating group) is 1. The molecule has 3 aliphatic rings. The van der Waals surface area contributed by atoms with Gasteiger partial charge in [-0.05, 0) is 64.5 Å². The van der Waals surface area contributed by atoms with Gasteiger partial charge in [-0.25, -0.2) is 0 Å². The summed E-state index contributed by atoms with van der Waals surface area (Å²) in [6, 6.07) is 9.22. The predicted molar refractivity (Wildman–Crippen MR) is 103 cm³/mol. The molecule has 1 N–H and O–H groups in total. The quantitative estimate of drug-likeness (QED) is 0.831. The van der Waals surface area contributed by atoms with Crippen LogP contribution in [0.15, 0.2) is 35.9 Å². The molecule has 2 aliphatic carbocycles. The average Bonchev–Trinajstić information content (AvgIpc) is 2.82. The zero-order valence-corrected chi connectivity index (χ0v) is 15.6. The number of ether oxygens (including phenoxy) is 1. The van der Waals surface area contributed by atoms with Crippen molar-refractivity contribution < 1.29 is 4.74 Å². The van der Waals surface area contributed by atoms with Crippen molar-refractivity contribution in [3.05, 3.63) is 41.5 Å². The summed E-state index contributed by atoms with van der Waals surface area (Å²) in [5, 5.41) is 3.63. The zero-order chi connectivity index (χ0) is 17.1. The van der Waals surface area contributed by atoms with Gasteiger partial charge in [0, 0.05) is 31.2 Å². The van der Waals surface area contributed by atoms with Crippen LogP contribution >= 0.6 is 0 Å². The molecule has 3 heteroatoms. The molecule has 0 saturated heterocycles. The van der Waals surface area contributed by atoms with Crippen LogP contribution in [0.2, 0.25) is 0 Å². The summed E-state index contributed by atoms with van der Waals surface area (Å²) in [4.78, 5) is 2.60. The highest BCUT2D eigenvalue weighted by Gasteiger charge is 2.39. The Bertz CT molecular complexity index is 616. The van der Waals surface area contributed by atoms with Crippen molar-refractivity contribution in [1.82, 2.24) is 10.2 Å². The van der Waals surface area contributed by atoms with Crippen molar-refractivity contribution >= 4 is 0 Å². The van der Waals surface area contributed by atoms with Crippen LogP contribution in [0.25, 0.3) is 0 Å². The van der Waals surface area contributed by atoms with Crippen LogP contribution in [0.1, 0.15) is 56.9 Å². The van der Waals surface area contributed by atoms with E-state index in [1.807, 2.05) is 0 Å². The maximum atomic E-state index is 6.57. The monoisotopic (exact) mass is 340 g/mol. The number of benzene rings is 1. The maximum Gasteiger partial charge on any atom is 0.124 e. The molecule has 1 aromatic carbocycles. The fourth-order valence-electron chi connectivity index (χ4n) is 4.79. The largest absolute Gasteiger partial charge is 0.486 e. The third-order valence-corrected chi connectivity index (χ3v) is 6.39. The summed E-state index contributed by atoms with van der Waals surface area (Å²) >= 11 is 0. The first kappa shape index (κ1) is 17.1. The molecular formula is C22H32N2O. The molecule has 25 heavy (non-hydrogen) atoms. The number of allylic oxidation sites excluding steroid dienone is 1. The van der Waals surface area contributed by atoms with Crippen molar-refractivity contribution in [3.63, 3.8) is 0 Å². The highest BCUT2D eigenvalue weighted by molar-refractivity contribution is 5.35.